The molecule has 29 heavy (non-hydrogen) atoms. The summed E-state index contributed by atoms with van der Waals surface area (Å²) in [6.45, 7) is 0.947. The minimum absolute atomic E-state index is 0.103. The number of nitrogens with one attached hydrogen (secondary N) is 1. The van der Waals surface area contributed by atoms with E-state index in [0.717, 1.165) is 12.2 Å². The monoisotopic (exact) mass is 395 g/mol. The Morgan fingerprint density at radius 3 is 2.69 bits per heavy atom. The molecule has 1 atom stereocenters. The Hall–Kier alpha value is -3.68. The highest BCUT2D eigenvalue weighted by Gasteiger charge is 2.32. The maximum absolute atomic E-state index is 12.9. The predicted molar refractivity (Wildman–Crippen MR) is 102 cm³/mol. The fourth-order valence-electron chi connectivity index (χ4n) is 3.17. The summed E-state index contributed by atoms with van der Waals surface area (Å²) in [4.78, 5) is 30.3. The van der Waals surface area contributed by atoms with Crippen LogP contribution in [0.15, 0.2) is 65.4 Å². The molecule has 1 N–H and O–H groups in total. The SMILES string of the molecule is O=C(Nc1ccc(Oc2ccc(F)cc2)nc1)C(=O)N1CC[C@H](c2ccco2)C1. The molecule has 8 heteroatoms. The summed E-state index contributed by atoms with van der Waals surface area (Å²) in [6.07, 6.45) is 3.74. The van der Waals surface area contributed by atoms with Crippen molar-refractivity contribution in [3.8, 4) is 11.6 Å². The van der Waals surface area contributed by atoms with Crippen LogP contribution in [0, 0.1) is 5.82 Å². The van der Waals surface area contributed by atoms with Gasteiger partial charge in [0, 0.05) is 25.1 Å². The summed E-state index contributed by atoms with van der Waals surface area (Å²) >= 11 is 0. The van der Waals surface area contributed by atoms with Crippen LogP contribution in [-0.4, -0.2) is 34.8 Å². The Labute approximate surface area is 166 Å². The molecule has 7 nitrogen and oxygen atoms in total. The predicted octanol–water partition coefficient (Wildman–Crippen LogP) is 3.56. The molecule has 3 heterocycles. The summed E-state index contributed by atoms with van der Waals surface area (Å²) in [7, 11) is 0. The third-order valence-corrected chi connectivity index (χ3v) is 4.65. The molecule has 2 aromatic heterocycles. The molecule has 1 saturated heterocycles. The number of benzene rings is 1. The topological polar surface area (TPSA) is 84.7 Å². The highest BCUT2D eigenvalue weighted by atomic mass is 19.1. The lowest BCUT2D eigenvalue weighted by Gasteiger charge is -2.15. The molecule has 0 bridgehead atoms. The number of aromatic nitrogens is 1. The third kappa shape index (κ3) is 4.43. The quantitative estimate of drug-likeness (QED) is 0.683. The Bertz CT molecular complexity index is 988. The second-order valence-electron chi connectivity index (χ2n) is 6.65. The van der Waals surface area contributed by atoms with Crippen LogP contribution in [0.1, 0.15) is 18.1 Å². The van der Waals surface area contributed by atoms with Gasteiger partial charge in [-0.2, -0.15) is 0 Å². The van der Waals surface area contributed by atoms with Crippen molar-refractivity contribution >= 4 is 17.5 Å². The minimum atomic E-state index is -0.723. The number of anilines is 1. The van der Waals surface area contributed by atoms with E-state index in [1.807, 2.05) is 12.1 Å². The number of halogens is 1. The van der Waals surface area contributed by atoms with Gasteiger partial charge in [0.25, 0.3) is 0 Å². The fourth-order valence-corrected chi connectivity index (χ4v) is 3.17. The van der Waals surface area contributed by atoms with Crippen LogP contribution in [0.2, 0.25) is 0 Å². The zero-order valence-electron chi connectivity index (χ0n) is 15.4. The van der Waals surface area contributed by atoms with Crippen LogP contribution in [0.3, 0.4) is 0 Å². The lowest BCUT2D eigenvalue weighted by Crippen LogP contribution is -2.38. The second-order valence-corrected chi connectivity index (χ2v) is 6.65. The summed E-state index contributed by atoms with van der Waals surface area (Å²) < 4.78 is 23.8. The van der Waals surface area contributed by atoms with E-state index in [0.29, 0.717) is 24.5 Å². The molecule has 3 aromatic rings. The fraction of sp³-hybridized carbons (Fsp3) is 0.190. The normalized spacial score (nSPS) is 15.9. The number of nitrogens with zero attached hydrogens (tertiary/aromatic N) is 2. The smallest absolute Gasteiger partial charge is 0.313 e. The van der Waals surface area contributed by atoms with Crippen LogP contribution < -0.4 is 10.1 Å². The Kier molecular flexibility index (Phi) is 5.24. The van der Waals surface area contributed by atoms with E-state index >= 15 is 0 Å². The van der Waals surface area contributed by atoms with E-state index in [1.54, 1.807) is 18.4 Å². The molecule has 1 aromatic carbocycles. The molecule has 0 radical (unpaired) electrons. The van der Waals surface area contributed by atoms with Gasteiger partial charge in [0.15, 0.2) is 0 Å². The lowest BCUT2D eigenvalue weighted by molar-refractivity contribution is -0.142. The van der Waals surface area contributed by atoms with E-state index in [4.69, 9.17) is 9.15 Å². The van der Waals surface area contributed by atoms with E-state index in [1.165, 1.54) is 35.4 Å². The third-order valence-electron chi connectivity index (χ3n) is 4.65. The first-order valence-electron chi connectivity index (χ1n) is 9.11. The molecule has 2 amide bonds. The van der Waals surface area contributed by atoms with Crippen molar-refractivity contribution in [3.63, 3.8) is 0 Å². The molecule has 0 aliphatic carbocycles. The van der Waals surface area contributed by atoms with Crippen LogP contribution >= 0.6 is 0 Å². The van der Waals surface area contributed by atoms with Crippen molar-refractivity contribution < 1.29 is 23.1 Å². The Balaban J connectivity index is 1.32. The maximum Gasteiger partial charge on any atom is 0.313 e. The Morgan fingerprint density at radius 2 is 2.00 bits per heavy atom. The largest absolute Gasteiger partial charge is 0.469 e. The molecular formula is C21H18FN3O4. The molecule has 1 aliphatic rings. The standard InChI is InChI=1S/C21H18FN3O4/c22-15-3-6-17(7-4-15)29-19-8-5-16(12-23-19)24-20(26)21(27)25-10-9-14(13-25)18-2-1-11-28-18/h1-8,11-12,14H,9-10,13H2,(H,24,26)/t14-/m0/s1. The summed E-state index contributed by atoms with van der Waals surface area (Å²) in [5, 5.41) is 2.55. The minimum Gasteiger partial charge on any atom is -0.469 e. The van der Waals surface area contributed by atoms with Crippen molar-refractivity contribution in [2.75, 3.05) is 18.4 Å². The number of furan rings is 1. The number of carbonyl (C=O) groups is 2. The Morgan fingerprint density at radius 1 is 1.17 bits per heavy atom. The van der Waals surface area contributed by atoms with Gasteiger partial charge < -0.3 is 19.4 Å². The van der Waals surface area contributed by atoms with Crippen LogP contribution in [-0.2, 0) is 9.59 Å². The van der Waals surface area contributed by atoms with Crippen molar-refractivity contribution in [2.45, 2.75) is 12.3 Å². The average Bonchev–Trinajstić information content (AvgIpc) is 3.42. The molecular weight excluding hydrogens is 377 g/mol. The number of hydrogen-bond donors (Lipinski definition) is 1. The molecule has 0 saturated carbocycles. The number of pyridine rings is 1. The average molecular weight is 395 g/mol. The van der Waals surface area contributed by atoms with Gasteiger partial charge >= 0.3 is 11.8 Å². The molecule has 0 unspecified atom stereocenters. The first kappa shape index (κ1) is 18.7. The molecule has 1 aliphatic heterocycles. The number of carbonyl (C=O) groups excluding carboxylic acids is 2. The number of rotatable bonds is 4. The van der Waals surface area contributed by atoms with Crippen molar-refractivity contribution in [2.24, 2.45) is 0 Å². The van der Waals surface area contributed by atoms with Gasteiger partial charge in [-0.05, 0) is 48.9 Å². The second kappa shape index (κ2) is 8.14. The van der Waals surface area contributed by atoms with Gasteiger partial charge in [0.1, 0.15) is 17.3 Å². The van der Waals surface area contributed by atoms with Gasteiger partial charge in [0.05, 0.1) is 18.1 Å². The van der Waals surface area contributed by atoms with E-state index in [2.05, 4.69) is 10.3 Å². The molecule has 4 rings (SSSR count). The summed E-state index contributed by atoms with van der Waals surface area (Å²) in [5.74, 6) is -0.0351. The first-order chi connectivity index (χ1) is 14.1. The molecule has 1 fully saturated rings. The summed E-state index contributed by atoms with van der Waals surface area (Å²) in [5.41, 5.74) is 0.372. The van der Waals surface area contributed by atoms with Crippen LogP contribution in [0.4, 0.5) is 10.1 Å². The number of likely N-dealkylation sites (tertiary alicyclic amines) is 1. The zero-order chi connectivity index (χ0) is 20.2. The van der Waals surface area contributed by atoms with Crippen molar-refractivity contribution in [1.82, 2.24) is 9.88 Å². The van der Waals surface area contributed by atoms with Crippen molar-refractivity contribution in [1.29, 1.82) is 0 Å². The van der Waals surface area contributed by atoms with E-state index in [9.17, 15) is 14.0 Å². The zero-order valence-corrected chi connectivity index (χ0v) is 15.4. The van der Waals surface area contributed by atoms with Crippen LogP contribution in [0.25, 0.3) is 0 Å². The van der Waals surface area contributed by atoms with Gasteiger partial charge in [-0.1, -0.05) is 0 Å². The highest BCUT2D eigenvalue weighted by Crippen LogP contribution is 2.27. The number of hydrogen-bond acceptors (Lipinski definition) is 5. The number of amides is 2. The van der Waals surface area contributed by atoms with Gasteiger partial charge in [-0.3, -0.25) is 9.59 Å². The van der Waals surface area contributed by atoms with E-state index in [-0.39, 0.29) is 17.6 Å². The highest BCUT2D eigenvalue weighted by molar-refractivity contribution is 6.39. The molecule has 0 spiro atoms. The number of ether oxygens (including phenoxy) is 1. The van der Waals surface area contributed by atoms with Crippen LogP contribution in [0.5, 0.6) is 11.6 Å². The first-order valence-corrected chi connectivity index (χ1v) is 9.11. The van der Waals surface area contributed by atoms with E-state index < -0.39 is 11.8 Å². The lowest BCUT2D eigenvalue weighted by atomic mass is 10.1. The maximum atomic E-state index is 12.9. The summed E-state index contributed by atoms with van der Waals surface area (Å²) in [6, 6.07) is 12.3. The molecule has 148 valence electrons. The van der Waals surface area contributed by atoms with Gasteiger partial charge in [-0.15, -0.1) is 0 Å². The van der Waals surface area contributed by atoms with Crippen molar-refractivity contribution in [3.05, 3.63) is 72.6 Å². The van der Waals surface area contributed by atoms with Gasteiger partial charge in [0.2, 0.25) is 5.88 Å². The van der Waals surface area contributed by atoms with Gasteiger partial charge in [-0.25, -0.2) is 9.37 Å².